The van der Waals surface area contributed by atoms with Gasteiger partial charge in [-0.3, -0.25) is 0 Å². The van der Waals surface area contributed by atoms with Gasteiger partial charge in [0.05, 0.1) is 12.2 Å². The van der Waals surface area contributed by atoms with Gasteiger partial charge in [0.25, 0.3) is 0 Å². The molecule has 4 heteroatoms. The second-order valence-corrected chi connectivity index (χ2v) is 6.71. The molecule has 1 N–H and O–H groups in total. The lowest BCUT2D eigenvalue weighted by Gasteiger charge is -2.38. The molecule has 2 aliphatic rings. The minimum absolute atomic E-state index is 0.0868. The summed E-state index contributed by atoms with van der Waals surface area (Å²) in [6, 6.07) is 6.07. The summed E-state index contributed by atoms with van der Waals surface area (Å²) in [5.41, 5.74) is 1.43. The zero-order chi connectivity index (χ0) is 14.0. The third-order valence-corrected chi connectivity index (χ3v) is 4.81. The van der Waals surface area contributed by atoms with Gasteiger partial charge in [-0.05, 0) is 61.8 Å². The largest absolute Gasteiger partial charge is 0.385 e. The number of benzene rings is 1. The van der Waals surface area contributed by atoms with Crippen LogP contribution in [0.2, 0.25) is 0 Å². The average molecular weight is 341 g/mol. The van der Waals surface area contributed by atoms with Gasteiger partial charge in [0.1, 0.15) is 0 Å². The molecule has 110 valence electrons. The second kappa shape index (κ2) is 6.14. The summed E-state index contributed by atoms with van der Waals surface area (Å²) < 4.78 is 12.5. The van der Waals surface area contributed by atoms with E-state index in [9.17, 15) is 5.11 Å². The van der Waals surface area contributed by atoms with Crippen molar-refractivity contribution in [3.8, 4) is 0 Å². The first kappa shape index (κ1) is 14.5. The van der Waals surface area contributed by atoms with E-state index < -0.39 is 5.60 Å². The van der Waals surface area contributed by atoms with Crippen molar-refractivity contribution in [3.05, 3.63) is 33.8 Å². The van der Waals surface area contributed by atoms with E-state index in [1.807, 2.05) is 18.2 Å². The zero-order valence-corrected chi connectivity index (χ0v) is 13.2. The molecule has 1 aliphatic heterocycles. The van der Waals surface area contributed by atoms with E-state index in [1.54, 1.807) is 0 Å². The Morgan fingerprint density at radius 3 is 2.80 bits per heavy atom. The topological polar surface area (TPSA) is 38.7 Å². The Hall–Kier alpha value is -0.420. The van der Waals surface area contributed by atoms with Crippen molar-refractivity contribution in [3.63, 3.8) is 0 Å². The fourth-order valence-electron chi connectivity index (χ4n) is 2.91. The summed E-state index contributed by atoms with van der Waals surface area (Å²) >= 11 is 3.49. The van der Waals surface area contributed by atoms with E-state index in [0.29, 0.717) is 6.61 Å². The van der Waals surface area contributed by atoms with Crippen molar-refractivity contribution in [2.75, 3.05) is 6.61 Å². The van der Waals surface area contributed by atoms with Crippen LogP contribution in [-0.2, 0) is 21.7 Å². The van der Waals surface area contributed by atoms with Gasteiger partial charge in [0, 0.05) is 11.1 Å². The van der Waals surface area contributed by atoms with Crippen LogP contribution in [0, 0.1) is 0 Å². The molecular formula is C16H21BrO3. The van der Waals surface area contributed by atoms with Crippen molar-refractivity contribution >= 4 is 15.9 Å². The molecule has 1 saturated heterocycles. The third kappa shape index (κ3) is 3.08. The Morgan fingerprint density at radius 1 is 1.30 bits per heavy atom. The van der Waals surface area contributed by atoms with Crippen molar-refractivity contribution < 1.29 is 14.6 Å². The molecular weight excluding hydrogens is 320 g/mol. The Morgan fingerprint density at radius 2 is 2.15 bits per heavy atom. The number of hydrogen-bond donors (Lipinski definition) is 1. The maximum absolute atomic E-state index is 10.6. The standard InChI is InChI=1S/C16H21BrO3/c17-13-6-5-12(11-20-15-4-1-2-9-19-15)14(10-13)16(18)7-3-8-16/h5-6,10,15,18H,1-4,7-9,11H2. The first-order chi connectivity index (χ1) is 9.67. The molecule has 0 amide bonds. The number of ether oxygens (including phenoxy) is 2. The third-order valence-electron chi connectivity index (χ3n) is 4.32. The summed E-state index contributed by atoms with van der Waals surface area (Å²) in [7, 11) is 0. The average Bonchev–Trinajstić information content (AvgIpc) is 2.44. The number of hydrogen-bond acceptors (Lipinski definition) is 3. The van der Waals surface area contributed by atoms with Crippen molar-refractivity contribution in [1.29, 1.82) is 0 Å². The van der Waals surface area contributed by atoms with Gasteiger partial charge in [0.15, 0.2) is 6.29 Å². The molecule has 1 aromatic carbocycles. The SMILES string of the molecule is OC1(c2cc(Br)ccc2COC2CCCCO2)CCC1. The maximum atomic E-state index is 10.6. The van der Waals surface area contributed by atoms with E-state index in [4.69, 9.17) is 9.47 Å². The summed E-state index contributed by atoms with van der Waals surface area (Å²) in [5, 5.41) is 10.6. The molecule has 0 aromatic heterocycles. The molecule has 1 atom stereocenters. The quantitative estimate of drug-likeness (QED) is 0.904. The summed E-state index contributed by atoms with van der Waals surface area (Å²) in [4.78, 5) is 0. The van der Waals surface area contributed by atoms with Crippen LogP contribution in [0.15, 0.2) is 22.7 Å². The van der Waals surface area contributed by atoms with Gasteiger partial charge in [0.2, 0.25) is 0 Å². The van der Waals surface area contributed by atoms with Crippen molar-refractivity contribution in [2.45, 2.75) is 57.0 Å². The van der Waals surface area contributed by atoms with Gasteiger partial charge in [-0.1, -0.05) is 22.0 Å². The molecule has 20 heavy (non-hydrogen) atoms. The fourth-order valence-corrected chi connectivity index (χ4v) is 3.28. The number of aliphatic hydroxyl groups is 1. The van der Waals surface area contributed by atoms with E-state index in [2.05, 4.69) is 15.9 Å². The van der Waals surface area contributed by atoms with E-state index in [0.717, 1.165) is 54.3 Å². The summed E-state index contributed by atoms with van der Waals surface area (Å²) in [6.07, 6.45) is 5.96. The summed E-state index contributed by atoms with van der Waals surface area (Å²) in [5.74, 6) is 0. The highest BCUT2D eigenvalue weighted by atomic mass is 79.9. The molecule has 1 saturated carbocycles. The Labute approximate surface area is 128 Å². The molecule has 2 fully saturated rings. The van der Waals surface area contributed by atoms with Gasteiger partial charge >= 0.3 is 0 Å². The minimum atomic E-state index is -0.657. The molecule has 1 aromatic rings. The first-order valence-corrected chi connectivity index (χ1v) is 8.21. The summed E-state index contributed by atoms with van der Waals surface area (Å²) in [6.45, 7) is 1.30. The maximum Gasteiger partial charge on any atom is 0.158 e. The van der Waals surface area contributed by atoms with Crippen LogP contribution < -0.4 is 0 Å². The smallest absolute Gasteiger partial charge is 0.158 e. The molecule has 0 bridgehead atoms. The minimum Gasteiger partial charge on any atom is -0.385 e. The Balaban J connectivity index is 1.71. The normalized spacial score (nSPS) is 25.2. The number of rotatable bonds is 4. The van der Waals surface area contributed by atoms with Crippen molar-refractivity contribution in [1.82, 2.24) is 0 Å². The molecule has 1 unspecified atom stereocenters. The predicted octanol–water partition coefficient (Wildman–Crippen LogP) is 3.86. The van der Waals surface area contributed by atoms with Crippen LogP contribution in [0.1, 0.15) is 49.7 Å². The van der Waals surface area contributed by atoms with Gasteiger partial charge < -0.3 is 14.6 Å². The van der Waals surface area contributed by atoms with E-state index in [-0.39, 0.29) is 6.29 Å². The van der Waals surface area contributed by atoms with Crippen LogP contribution in [-0.4, -0.2) is 18.0 Å². The van der Waals surface area contributed by atoms with Crippen LogP contribution in [0.3, 0.4) is 0 Å². The lowest BCUT2D eigenvalue weighted by molar-refractivity contribution is -0.169. The molecule has 0 radical (unpaired) electrons. The van der Waals surface area contributed by atoms with Crippen LogP contribution >= 0.6 is 15.9 Å². The van der Waals surface area contributed by atoms with Gasteiger partial charge in [-0.15, -0.1) is 0 Å². The second-order valence-electron chi connectivity index (χ2n) is 5.79. The number of halogens is 1. The highest BCUT2D eigenvalue weighted by Gasteiger charge is 2.38. The molecule has 1 aliphatic carbocycles. The van der Waals surface area contributed by atoms with Crippen LogP contribution in [0.4, 0.5) is 0 Å². The van der Waals surface area contributed by atoms with E-state index in [1.165, 1.54) is 6.42 Å². The monoisotopic (exact) mass is 340 g/mol. The molecule has 1 heterocycles. The van der Waals surface area contributed by atoms with Gasteiger partial charge in [-0.2, -0.15) is 0 Å². The van der Waals surface area contributed by atoms with E-state index >= 15 is 0 Å². The fraction of sp³-hybridized carbons (Fsp3) is 0.625. The molecule has 0 spiro atoms. The van der Waals surface area contributed by atoms with Crippen LogP contribution in [0.25, 0.3) is 0 Å². The lowest BCUT2D eigenvalue weighted by atomic mass is 9.73. The zero-order valence-electron chi connectivity index (χ0n) is 11.6. The Kier molecular flexibility index (Phi) is 4.46. The first-order valence-electron chi connectivity index (χ1n) is 7.42. The molecule has 3 nitrogen and oxygen atoms in total. The lowest BCUT2D eigenvalue weighted by Crippen LogP contribution is -2.35. The van der Waals surface area contributed by atoms with Gasteiger partial charge in [-0.25, -0.2) is 0 Å². The predicted molar refractivity (Wildman–Crippen MR) is 80.3 cm³/mol. The molecule has 3 rings (SSSR count). The Bertz CT molecular complexity index is 465. The van der Waals surface area contributed by atoms with Crippen LogP contribution in [0.5, 0.6) is 0 Å². The highest BCUT2D eigenvalue weighted by Crippen LogP contribution is 2.43. The highest BCUT2D eigenvalue weighted by molar-refractivity contribution is 9.10. The van der Waals surface area contributed by atoms with Crippen molar-refractivity contribution in [2.24, 2.45) is 0 Å².